The number of hydrogen-bond acceptors (Lipinski definition) is 4. The Bertz CT molecular complexity index is 596. The first-order valence-electron chi connectivity index (χ1n) is 6.94. The number of fused-ring (bicyclic) bond motifs is 1. The first-order valence-corrected chi connectivity index (χ1v) is 6.94. The van der Waals surface area contributed by atoms with E-state index in [1.54, 1.807) is 0 Å². The number of piperidine rings is 1. The summed E-state index contributed by atoms with van der Waals surface area (Å²) in [6.45, 7) is 5.53. The van der Waals surface area contributed by atoms with Crippen LogP contribution in [0.1, 0.15) is 26.7 Å². The molecule has 3 rings (SSSR count). The van der Waals surface area contributed by atoms with Crippen molar-refractivity contribution in [3.63, 3.8) is 0 Å². The van der Waals surface area contributed by atoms with Crippen molar-refractivity contribution >= 4 is 22.7 Å². The van der Waals surface area contributed by atoms with Crippen LogP contribution < -0.4 is 10.6 Å². The standard InChI is InChI=1S/C15H20N4/c1-10-7-8-11(2)19(9-10)15-14(16)17-12-5-3-4-6-13(12)18-15/h3-6,10-11H,7-9H2,1-2H3,(H2,16,17). The Morgan fingerprint density at radius 2 is 1.79 bits per heavy atom. The van der Waals surface area contributed by atoms with E-state index < -0.39 is 0 Å². The molecule has 0 bridgehead atoms. The van der Waals surface area contributed by atoms with Gasteiger partial charge in [0.15, 0.2) is 11.6 Å². The van der Waals surface area contributed by atoms with E-state index in [-0.39, 0.29) is 0 Å². The van der Waals surface area contributed by atoms with Crippen LogP contribution >= 0.6 is 0 Å². The molecule has 0 spiro atoms. The van der Waals surface area contributed by atoms with Crippen molar-refractivity contribution in [2.45, 2.75) is 32.7 Å². The van der Waals surface area contributed by atoms with Gasteiger partial charge in [0.1, 0.15) is 0 Å². The number of anilines is 2. The van der Waals surface area contributed by atoms with E-state index in [2.05, 4.69) is 23.7 Å². The van der Waals surface area contributed by atoms with E-state index in [9.17, 15) is 0 Å². The second kappa shape index (κ2) is 4.68. The first-order chi connectivity index (χ1) is 9.15. The van der Waals surface area contributed by atoms with Gasteiger partial charge in [0, 0.05) is 12.6 Å². The topological polar surface area (TPSA) is 55.0 Å². The monoisotopic (exact) mass is 256 g/mol. The van der Waals surface area contributed by atoms with Crippen molar-refractivity contribution < 1.29 is 0 Å². The molecule has 0 saturated carbocycles. The van der Waals surface area contributed by atoms with Crippen molar-refractivity contribution in [3.05, 3.63) is 24.3 Å². The largest absolute Gasteiger partial charge is 0.381 e. The Kier molecular flexibility index (Phi) is 3.01. The van der Waals surface area contributed by atoms with Gasteiger partial charge in [-0.25, -0.2) is 9.97 Å². The molecule has 2 atom stereocenters. The molecule has 1 aromatic heterocycles. The fourth-order valence-corrected chi connectivity index (χ4v) is 2.80. The summed E-state index contributed by atoms with van der Waals surface area (Å²) in [5, 5.41) is 0. The van der Waals surface area contributed by atoms with E-state index in [1.165, 1.54) is 12.8 Å². The number of nitrogens with two attached hydrogens (primary N) is 1. The van der Waals surface area contributed by atoms with Crippen LogP contribution in [0.15, 0.2) is 24.3 Å². The third-order valence-corrected chi connectivity index (χ3v) is 3.97. The smallest absolute Gasteiger partial charge is 0.172 e. The Labute approximate surface area is 113 Å². The lowest BCUT2D eigenvalue weighted by molar-refractivity contribution is 0.388. The van der Waals surface area contributed by atoms with Crippen molar-refractivity contribution in [2.24, 2.45) is 5.92 Å². The predicted molar refractivity (Wildman–Crippen MR) is 79.2 cm³/mol. The fourth-order valence-electron chi connectivity index (χ4n) is 2.80. The lowest BCUT2D eigenvalue weighted by Gasteiger charge is -2.38. The number of nitrogens with zero attached hydrogens (tertiary/aromatic N) is 3. The highest BCUT2D eigenvalue weighted by atomic mass is 15.2. The molecule has 100 valence electrons. The molecule has 2 heterocycles. The summed E-state index contributed by atoms with van der Waals surface area (Å²) in [4.78, 5) is 11.5. The lowest BCUT2D eigenvalue weighted by Crippen LogP contribution is -2.42. The van der Waals surface area contributed by atoms with Gasteiger partial charge in [0.25, 0.3) is 0 Å². The van der Waals surface area contributed by atoms with E-state index in [4.69, 9.17) is 10.7 Å². The maximum atomic E-state index is 6.11. The van der Waals surface area contributed by atoms with Crippen LogP contribution in [-0.2, 0) is 0 Å². The van der Waals surface area contributed by atoms with Crippen LogP contribution in [0.4, 0.5) is 11.6 Å². The molecule has 0 radical (unpaired) electrons. The molecule has 1 fully saturated rings. The third-order valence-electron chi connectivity index (χ3n) is 3.97. The van der Waals surface area contributed by atoms with Gasteiger partial charge in [0.05, 0.1) is 11.0 Å². The Morgan fingerprint density at radius 1 is 1.11 bits per heavy atom. The van der Waals surface area contributed by atoms with E-state index in [0.29, 0.717) is 17.8 Å². The molecular weight excluding hydrogens is 236 g/mol. The molecule has 2 aromatic rings. The number of hydrogen-bond donors (Lipinski definition) is 1. The maximum absolute atomic E-state index is 6.11. The molecule has 1 saturated heterocycles. The first kappa shape index (κ1) is 12.2. The van der Waals surface area contributed by atoms with Crippen molar-refractivity contribution in [1.29, 1.82) is 0 Å². The normalized spacial score (nSPS) is 23.8. The summed E-state index contributed by atoms with van der Waals surface area (Å²) in [6, 6.07) is 8.36. The predicted octanol–water partition coefficient (Wildman–Crippen LogP) is 2.84. The van der Waals surface area contributed by atoms with Gasteiger partial charge in [-0.3, -0.25) is 0 Å². The van der Waals surface area contributed by atoms with E-state index in [1.807, 2.05) is 24.3 Å². The van der Waals surface area contributed by atoms with Crippen molar-refractivity contribution in [3.8, 4) is 0 Å². The fraction of sp³-hybridized carbons (Fsp3) is 0.467. The Morgan fingerprint density at radius 3 is 2.53 bits per heavy atom. The van der Waals surface area contributed by atoms with Crippen molar-refractivity contribution in [1.82, 2.24) is 9.97 Å². The van der Waals surface area contributed by atoms with Gasteiger partial charge in [0.2, 0.25) is 0 Å². The summed E-state index contributed by atoms with van der Waals surface area (Å²) >= 11 is 0. The van der Waals surface area contributed by atoms with Crippen LogP contribution in [0.5, 0.6) is 0 Å². The molecule has 0 aliphatic carbocycles. The molecular formula is C15H20N4. The van der Waals surface area contributed by atoms with Gasteiger partial charge in [-0.15, -0.1) is 0 Å². The van der Waals surface area contributed by atoms with Crippen LogP contribution in [0.2, 0.25) is 0 Å². The molecule has 0 amide bonds. The Hall–Kier alpha value is -1.84. The van der Waals surface area contributed by atoms with E-state index >= 15 is 0 Å². The van der Waals surface area contributed by atoms with Crippen molar-refractivity contribution in [2.75, 3.05) is 17.2 Å². The van der Waals surface area contributed by atoms with Crippen LogP contribution in [0.3, 0.4) is 0 Å². The SMILES string of the molecule is CC1CCC(C)N(c2nc3ccccc3nc2N)C1. The zero-order valence-electron chi connectivity index (χ0n) is 11.5. The van der Waals surface area contributed by atoms with Gasteiger partial charge in [-0.05, 0) is 37.8 Å². The zero-order valence-corrected chi connectivity index (χ0v) is 11.5. The zero-order chi connectivity index (χ0) is 13.4. The number of para-hydroxylation sites is 2. The molecule has 4 nitrogen and oxygen atoms in total. The minimum absolute atomic E-state index is 0.481. The molecule has 2 unspecified atom stereocenters. The van der Waals surface area contributed by atoms with Crippen LogP contribution in [-0.4, -0.2) is 22.6 Å². The van der Waals surface area contributed by atoms with Gasteiger partial charge >= 0.3 is 0 Å². The Balaban J connectivity index is 2.06. The minimum atomic E-state index is 0.481. The summed E-state index contributed by atoms with van der Waals surface area (Å²) < 4.78 is 0. The number of aromatic nitrogens is 2. The summed E-state index contributed by atoms with van der Waals surface area (Å²) in [6.07, 6.45) is 2.47. The van der Waals surface area contributed by atoms with Crippen LogP contribution in [0, 0.1) is 5.92 Å². The minimum Gasteiger partial charge on any atom is -0.381 e. The molecule has 2 N–H and O–H groups in total. The van der Waals surface area contributed by atoms with Gasteiger partial charge < -0.3 is 10.6 Å². The molecule has 4 heteroatoms. The molecule has 1 aliphatic rings. The number of rotatable bonds is 1. The number of benzene rings is 1. The highest BCUT2D eigenvalue weighted by molar-refractivity contribution is 5.79. The average molecular weight is 256 g/mol. The molecule has 19 heavy (non-hydrogen) atoms. The summed E-state index contributed by atoms with van der Waals surface area (Å²) in [5.41, 5.74) is 7.89. The van der Waals surface area contributed by atoms with E-state index in [0.717, 1.165) is 23.4 Å². The van der Waals surface area contributed by atoms with Crippen LogP contribution in [0.25, 0.3) is 11.0 Å². The summed E-state index contributed by atoms with van der Waals surface area (Å²) in [5.74, 6) is 2.07. The number of nitrogen functional groups attached to an aromatic ring is 1. The van der Waals surface area contributed by atoms with Gasteiger partial charge in [-0.2, -0.15) is 0 Å². The third kappa shape index (κ3) is 2.23. The summed E-state index contributed by atoms with van der Waals surface area (Å²) in [7, 11) is 0. The average Bonchev–Trinajstić information content (AvgIpc) is 2.41. The second-order valence-electron chi connectivity index (χ2n) is 5.61. The highest BCUT2D eigenvalue weighted by Crippen LogP contribution is 2.30. The molecule has 1 aliphatic heterocycles. The highest BCUT2D eigenvalue weighted by Gasteiger charge is 2.26. The quantitative estimate of drug-likeness (QED) is 0.852. The lowest BCUT2D eigenvalue weighted by atomic mass is 9.95. The van der Waals surface area contributed by atoms with Gasteiger partial charge in [-0.1, -0.05) is 19.1 Å². The second-order valence-corrected chi connectivity index (χ2v) is 5.61. The molecule has 1 aromatic carbocycles. The maximum Gasteiger partial charge on any atom is 0.172 e.